The summed E-state index contributed by atoms with van der Waals surface area (Å²) >= 11 is 11.0. The minimum atomic E-state index is 0.261. The molecule has 1 fully saturated rings. The SMILES string of the molecule is S=C(NC[C@H]1CCCO1)N/N=C\c1cccc(Cl)c1. The molecule has 6 heteroatoms. The highest BCUT2D eigenvalue weighted by molar-refractivity contribution is 7.80. The fourth-order valence-corrected chi connectivity index (χ4v) is 2.14. The summed E-state index contributed by atoms with van der Waals surface area (Å²) in [4.78, 5) is 0. The zero-order valence-electron chi connectivity index (χ0n) is 10.4. The van der Waals surface area contributed by atoms with Gasteiger partial charge in [-0.3, -0.25) is 5.43 Å². The summed E-state index contributed by atoms with van der Waals surface area (Å²) in [7, 11) is 0. The summed E-state index contributed by atoms with van der Waals surface area (Å²) in [6, 6.07) is 7.44. The summed E-state index contributed by atoms with van der Waals surface area (Å²) in [5, 5.41) is 8.31. The highest BCUT2D eigenvalue weighted by atomic mass is 35.5. The van der Waals surface area contributed by atoms with Gasteiger partial charge in [0.05, 0.1) is 12.3 Å². The highest BCUT2D eigenvalue weighted by Gasteiger charge is 2.14. The van der Waals surface area contributed by atoms with Crippen LogP contribution in [0.1, 0.15) is 18.4 Å². The maximum absolute atomic E-state index is 5.87. The predicted octanol–water partition coefficient (Wildman–Crippen LogP) is 2.32. The number of nitrogens with zero attached hydrogens (tertiary/aromatic N) is 1. The largest absolute Gasteiger partial charge is 0.376 e. The second-order valence-corrected chi connectivity index (χ2v) is 5.11. The van der Waals surface area contributed by atoms with Gasteiger partial charge in [-0.1, -0.05) is 23.7 Å². The number of benzene rings is 1. The fourth-order valence-electron chi connectivity index (χ4n) is 1.80. The Hall–Kier alpha value is -1.17. The van der Waals surface area contributed by atoms with Crippen molar-refractivity contribution in [2.75, 3.05) is 13.2 Å². The number of nitrogens with one attached hydrogen (secondary N) is 2. The Balaban J connectivity index is 1.70. The molecule has 1 aromatic rings. The summed E-state index contributed by atoms with van der Waals surface area (Å²) in [5.74, 6) is 0. The van der Waals surface area contributed by atoms with E-state index in [-0.39, 0.29) is 6.10 Å². The van der Waals surface area contributed by atoms with Crippen LogP contribution in [0.2, 0.25) is 5.02 Å². The molecule has 0 spiro atoms. The molecule has 0 amide bonds. The van der Waals surface area contributed by atoms with E-state index in [9.17, 15) is 0 Å². The molecule has 4 nitrogen and oxygen atoms in total. The molecule has 2 rings (SSSR count). The van der Waals surface area contributed by atoms with E-state index in [1.54, 1.807) is 6.21 Å². The average Bonchev–Trinajstić information content (AvgIpc) is 2.89. The van der Waals surface area contributed by atoms with Gasteiger partial charge in [0.15, 0.2) is 5.11 Å². The van der Waals surface area contributed by atoms with Gasteiger partial charge < -0.3 is 10.1 Å². The number of hydrazone groups is 1. The maximum atomic E-state index is 5.87. The minimum Gasteiger partial charge on any atom is -0.376 e. The number of hydrogen-bond acceptors (Lipinski definition) is 3. The van der Waals surface area contributed by atoms with Gasteiger partial charge >= 0.3 is 0 Å². The van der Waals surface area contributed by atoms with E-state index in [2.05, 4.69) is 15.8 Å². The normalized spacial score (nSPS) is 18.7. The van der Waals surface area contributed by atoms with E-state index in [0.717, 1.165) is 31.6 Å². The molecular formula is C13H16ClN3OS. The minimum absolute atomic E-state index is 0.261. The topological polar surface area (TPSA) is 45.6 Å². The molecule has 0 bridgehead atoms. The number of thiocarbonyl (C=S) groups is 1. The van der Waals surface area contributed by atoms with Gasteiger partial charge in [-0.25, -0.2) is 0 Å². The molecule has 1 aliphatic rings. The standard InChI is InChI=1S/C13H16ClN3OS/c14-11-4-1-3-10(7-11)8-16-17-13(19)15-9-12-5-2-6-18-12/h1,3-4,7-8,12H,2,5-6,9H2,(H2,15,17,19)/b16-8-/t12-/m1/s1. The van der Waals surface area contributed by atoms with Crippen LogP contribution in [0.3, 0.4) is 0 Å². The molecule has 1 aliphatic heterocycles. The Bertz CT molecular complexity index is 461. The lowest BCUT2D eigenvalue weighted by Crippen LogP contribution is -2.37. The van der Waals surface area contributed by atoms with Gasteiger partial charge in [0, 0.05) is 18.2 Å². The van der Waals surface area contributed by atoms with Crippen LogP contribution >= 0.6 is 23.8 Å². The van der Waals surface area contributed by atoms with E-state index < -0.39 is 0 Å². The molecule has 1 heterocycles. The van der Waals surface area contributed by atoms with Gasteiger partial charge in [0.1, 0.15) is 0 Å². The third-order valence-electron chi connectivity index (χ3n) is 2.74. The second-order valence-electron chi connectivity index (χ2n) is 4.27. The van der Waals surface area contributed by atoms with Crippen molar-refractivity contribution in [3.05, 3.63) is 34.9 Å². The molecular weight excluding hydrogens is 282 g/mol. The predicted molar refractivity (Wildman–Crippen MR) is 81.8 cm³/mol. The Morgan fingerprint density at radius 2 is 2.47 bits per heavy atom. The quantitative estimate of drug-likeness (QED) is 0.509. The first kappa shape index (κ1) is 14.2. The Morgan fingerprint density at radius 3 is 3.21 bits per heavy atom. The van der Waals surface area contributed by atoms with Crippen molar-refractivity contribution in [3.63, 3.8) is 0 Å². The Labute approximate surface area is 123 Å². The molecule has 0 aliphatic carbocycles. The Kier molecular flexibility index (Phi) is 5.57. The monoisotopic (exact) mass is 297 g/mol. The zero-order valence-corrected chi connectivity index (χ0v) is 12.0. The Morgan fingerprint density at radius 1 is 1.58 bits per heavy atom. The van der Waals surface area contributed by atoms with Crippen molar-refractivity contribution in [3.8, 4) is 0 Å². The number of halogens is 1. The molecule has 1 atom stereocenters. The summed E-state index contributed by atoms with van der Waals surface area (Å²) < 4.78 is 5.49. The van der Waals surface area contributed by atoms with Crippen LogP contribution in [-0.4, -0.2) is 30.6 Å². The molecule has 19 heavy (non-hydrogen) atoms. The summed E-state index contributed by atoms with van der Waals surface area (Å²) in [6.07, 6.45) is 4.14. The van der Waals surface area contributed by atoms with Crippen LogP contribution < -0.4 is 10.7 Å². The first-order chi connectivity index (χ1) is 9.24. The van der Waals surface area contributed by atoms with Crippen LogP contribution in [0.4, 0.5) is 0 Å². The van der Waals surface area contributed by atoms with Crippen LogP contribution in [0, 0.1) is 0 Å². The first-order valence-corrected chi connectivity index (χ1v) is 6.97. The smallest absolute Gasteiger partial charge is 0.187 e. The molecule has 0 unspecified atom stereocenters. The van der Waals surface area contributed by atoms with E-state index in [0.29, 0.717) is 10.1 Å². The van der Waals surface area contributed by atoms with Crippen LogP contribution in [0.5, 0.6) is 0 Å². The number of ether oxygens (including phenoxy) is 1. The van der Waals surface area contributed by atoms with Crippen LogP contribution in [0.25, 0.3) is 0 Å². The molecule has 0 aromatic heterocycles. The molecule has 0 saturated carbocycles. The molecule has 0 radical (unpaired) electrons. The van der Waals surface area contributed by atoms with Crippen LogP contribution in [0.15, 0.2) is 29.4 Å². The van der Waals surface area contributed by atoms with Gasteiger partial charge in [-0.15, -0.1) is 0 Å². The second kappa shape index (κ2) is 7.43. The number of rotatable bonds is 4. The third-order valence-corrected chi connectivity index (χ3v) is 3.21. The first-order valence-electron chi connectivity index (χ1n) is 6.18. The zero-order chi connectivity index (χ0) is 13.5. The van der Waals surface area contributed by atoms with Gasteiger partial charge in [0.25, 0.3) is 0 Å². The molecule has 1 saturated heterocycles. The average molecular weight is 298 g/mol. The van der Waals surface area contributed by atoms with E-state index in [1.165, 1.54) is 0 Å². The van der Waals surface area contributed by atoms with Crippen molar-refractivity contribution in [2.45, 2.75) is 18.9 Å². The van der Waals surface area contributed by atoms with E-state index >= 15 is 0 Å². The van der Waals surface area contributed by atoms with Crippen molar-refractivity contribution in [1.82, 2.24) is 10.7 Å². The maximum Gasteiger partial charge on any atom is 0.187 e. The van der Waals surface area contributed by atoms with Crippen molar-refractivity contribution in [1.29, 1.82) is 0 Å². The summed E-state index contributed by atoms with van der Waals surface area (Å²) in [5.41, 5.74) is 3.68. The highest BCUT2D eigenvalue weighted by Crippen LogP contribution is 2.10. The van der Waals surface area contributed by atoms with Crippen LogP contribution in [-0.2, 0) is 4.74 Å². The number of hydrogen-bond donors (Lipinski definition) is 2. The lowest BCUT2D eigenvalue weighted by atomic mass is 10.2. The van der Waals surface area contributed by atoms with Gasteiger partial charge in [-0.2, -0.15) is 5.10 Å². The van der Waals surface area contributed by atoms with Crippen molar-refractivity contribution < 1.29 is 4.74 Å². The third kappa shape index (κ3) is 5.14. The molecule has 102 valence electrons. The van der Waals surface area contributed by atoms with Crippen molar-refractivity contribution >= 4 is 35.1 Å². The fraction of sp³-hybridized carbons (Fsp3) is 0.385. The van der Waals surface area contributed by atoms with Gasteiger partial charge in [0.2, 0.25) is 0 Å². The lowest BCUT2D eigenvalue weighted by Gasteiger charge is -2.11. The van der Waals surface area contributed by atoms with E-state index in [1.807, 2.05) is 24.3 Å². The molecule has 2 N–H and O–H groups in total. The van der Waals surface area contributed by atoms with E-state index in [4.69, 9.17) is 28.6 Å². The molecule has 1 aromatic carbocycles. The van der Waals surface area contributed by atoms with Crippen molar-refractivity contribution in [2.24, 2.45) is 5.10 Å². The lowest BCUT2D eigenvalue weighted by molar-refractivity contribution is 0.114. The van der Waals surface area contributed by atoms with Gasteiger partial charge in [-0.05, 0) is 42.8 Å². The summed E-state index contributed by atoms with van der Waals surface area (Å²) in [6.45, 7) is 1.57.